The van der Waals surface area contributed by atoms with E-state index >= 15 is 0 Å². The predicted octanol–water partition coefficient (Wildman–Crippen LogP) is 4.27. The molecule has 0 bridgehead atoms. The van der Waals surface area contributed by atoms with Gasteiger partial charge in [-0.15, -0.1) is 0 Å². The summed E-state index contributed by atoms with van der Waals surface area (Å²) in [4.78, 5) is 28.5. The first-order valence-electron chi connectivity index (χ1n) is 10.2. The van der Waals surface area contributed by atoms with E-state index in [1.54, 1.807) is 23.1 Å². The zero-order valence-corrected chi connectivity index (χ0v) is 16.9. The molecule has 0 aliphatic carbocycles. The van der Waals surface area contributed by atoms with Crippen LogP contribution in [0.15, 0.2) is 45.6 Å². The van der Waals surface area contributed by atoms with Crippen molar-refractivity contribution in [3.05, 3.63) is 80.5 Å². The molecule has 2 atom stereocenters. The molecular weight excluding hydrogens is 385 g/mol. The summed E-state index contributed by atoms with van der Waals surface area (Å²) in [5.41, 5.74) is 3.16. The molecule has 0 unspecified atom stereocenters. The Morgan fingerprint density at radius 3 is 2.53 bits per heavy atom. The van der Waals surface area contributed by atoms with Crippen molar-refractivity contribution >= 4 is 16.9 Å². The average molecular weight is 407 g/mol. The van der Waals surface area contributed by atoms with Crippen molar-refractivity contribution in [1.82, 2.24) is 4.90 Å². The minimum Gasteiger partial charge on any atom is -0.450 e. The molecule has 5 nitrogen and oxygen atoms in total. The van der Waals surface area contributed by atoms with Crippen molar-refractivity contribution in [1.29, 1.82) is 0 Å². The highest BCUT2D eigenvalue weighted by Gasteiger charge is 2.43. The summed E-state index contributed by atoms with van der Waals surface area (Å²) in [6, 6.07) is 8.92. The monoisotopic (exact) mass is 407 g/mol. The number of halogens is 1. The smallest absolute Gasteiger partial charge is 0.291 e. The number of amides is 1. The zero-order chi connectivity index (χ0) is 21.0. The lowest BCUT2D eigenvalue weighted by Gasteiger charge is -2.27. The van der Waals surface area contributed by atoms with Gasteiger partial charge in [-0.3, -0.25) is 9.59 Å². The van der Waals surface area contributed by atoms with E-state index in [0.29, 0.717) is 35.2 Å². The Hall–Kier alpha value is -2.99. The molecule has 0 saturated carbocycles. The van der Waals surface area contributed by atoms with Gasteiger partial charge >= 0.3 is 0 Å². The van der Waals surface area contributed by atoms with Gasteiger partial charge in [-0.2, -0.15) is 0 Å². The van der Waals surface area contributed by atoms with Crippen LogP contribution in [-0.2, 0) is 4.74 Å². The van der Waals surface area contributed by atoms with Gasteiger partial charge in [-0.25, -0.2) is 4.39 Å². The highest BCUT2D eigenvalue weighted by Crippen LogP contribution is 2.39. The predicted molar refractivity (Wildman–Crippen MR) is 110 cm³/mol. The Morgan fingerprint density at radius 1 is 1.10 bits per heavy atom. The van der Waals surface area contributed by atoms with Crippen molar-refractivity contribution in [2.75, 3.05) is 13.2 Å². The number of benzene rings is 2. The van der Waals surface area contributed by atoms with Crippen LogP contribution in [0.25, 0.3) is 11.0 Å². The third kappa shape index (κ3) is 2.94. The summed E-state index contributed by atoms with van der Waals surface area (Å²) in [6.07, 6.45) is 1.72. The molecule has 3 heterocycles. The fraction of sp³-hybridized carbons (Fsp3) is 0.333. The van der Waals surface area contributed by atoms with Crippen LogP contribution in [0, 0.1) is 19.7 Å². The van der Waals surface area contributed by atoms with Gasteiger partial charge < -0.3 is 14.1 Å². The quantitative estimate of drug-likeness (QED) is 0.651. The van der Waals surface area contributed by atoms with Gasteiger partial charge in [0.1, 0.15) is 11.4 Å². The van der Waals surface area contributed by atoms with E-state index in [2.05, 4.69) is 0 Å². The number of fused-ring (bicyclic) bond motifs is 2. The molecule has 1 fully saturated rings. The van der Waals surface area contributed by atoms with Crippen LogP contribution in [0.2, 0.25) is 0 Å². The minimum absolute atomic E-state index is 0.0723. The van der Waals surface area contributed by atoms with Crippen LogP contribution in [0.1, 0.15) is 51.7 Å². The molecule has 3 aromatic rings. The fourth-order valence-electron chi connectivity index (χ4n) is 4.46. The van der Waals surface area contributed by atoms with E-state index in [4.69, 9.17) is 9.15 Å². The van der Waals surface area contributed by atoms with E-state index in [0.717, 1.165) is 24.0 Å². The number of hydrogen-bond donors (Lipinski definition) is 0. The van der Waals surface area contributed by atoms with Gasteiger partial charge in [-0.05, 0) is 67.6 Å². The average Bonchev–Trinajstić information content (AvgIpc) is 3.33. The normalized spacial score (nSPS) is 20.9. The fourth-order valence-corrected chi connectivity index (χ4v) is 4.46. The summed E-state index contributed by atoms with van der Waals surface area (Å²) < 4.78 is 25.3. The van der Waals surface area contributed by atoms with E-state index < -0.39 is 6.04 Å². The minimum atomic E-state index is -0.625. The van der Waals surface area contributed by atoms with Crippen LogP contribution >= 0.6 is 0 Å². The van der Waals surface area contributed by atoms with Gasteiger partial charge in [0.25, 0.3) is 5.91 Å². The third-order valence-electron chi connectivity index (χ3n) is 6.19. The van der Waals surface area contributed by atoms with Gasteiger partial charge in [0, 0.05) is 13.2 Å². The standard InChI is InChI=1S/C24H22FNO4/c1-13-10-18-19(11-14(13)2)30-23-20(22(18)27)21(15-5-7-16(25)8-6-15)26(24(23)28)12-17-4-3-9-29-17/h5-8,10-11,17,21H,3-4,9,12H2,1-2H3/t17-,21+/m0/s1. The largest absolute Gasteiger partial charge is 0.450 e. The van der Waals surface area contributed by atoms with Crippen molar-refractivity contribution in [3.8, 4) is 0 Å². The Morgan fingerprint density at radius 2 is 1.83 bits per heavy atom. The van der Waals surface area contributed by atoms with E-state index in [-0.39, 0.29) is 29.0 Å². The number of rotatable bonds is 3. The first kappa shape index (κ1) is 19.0. The molecule has 6 heteroatoms. The lowest BCUT2D eigenvalue weighted by molar-refractivity contribution is 0.0486. The zero-order valence-electron chi connectivity index (χ0n) is 16.9. The second-order valence-corrected chi connectivity index (χ2v) is 8.15. The summed E-state index contributed by atoms with van der Waals surface area (Å²) in [6.45, 7) is 4.90. The molecule has 2 aliphatic rings. The topological polar surface area (TPSA) is 59.8 Å². The van der Waals surface area contributed by atoms with Crippen molar-refractivity contribution < 1.29 is 18.3 Å². The molecule has 30 heavy (non-hydrogen) atoms. The molecule has 2 aromatic carbocycles. The summed E-state index contributed by atoms with van der Waals surface area (Å²) in [5.74, 6) is -0.624. The van der Waals surface area contributed by atoms with E-state index in [1.165, 1.54) is 12.1 Å². The van der Waals surface area contributed by atoms with Gasteiger partial charge in [0.15, 0.2) is 5.43 Å². The van der Waals surface area contributed by atoms with Crippen LogP contribution in [0.4, 0.5) is 4.39 Å². The second-order valence-electron chi connectivity index (χ2n) is 8.15. The molecule has 5 rings (SSSR count). The molecule has 0 radical (unpaired) electrons. The van der Waals surface area contributed by atoms with Crippen LogP contribution in [0.3, 0.4) is 0 Å². The van der Waals surface area contributed by atoms with E-state index in [9.17, 15) is 14.0 Å². The summed E-state index contributed by atoms with van der Waals surface area (Å²) in [5, 5.41) is 0.454. The maximum atomic E-state index is 13.6. The Kier molecular flexibility index (Phi) is 4.47. The molecular formula is C24H22FNO4. The van der Waals surface area contributed by atoms with E-state index in [1.807, 2.05) is 19.9 Å². The number of ether oxygens (including phenoxy) is 1. The lowest BCUT2D eigenvalue weighted by atomic mass is 9.97. The van der Waals surface area contributed by atoms with Gasteiger partial charge in [0.05, 0.1) is 23.1 Å². The number of aryl methyl sites for hydroxylation is 2. The summed E-state index contributed by atoms with van der Waals surface area (Å²) >= 11 is 0. The second kappa shape index (κ2) is 7.06. The Bertz CT molecular complexity index is 1210. The highest BCUT2D eigenvalue weighted by atomic mass is 19.1. The number of carbonyl (C=O) groups is 1. The van der Waals surface area contributed by atoms with Gasteiger partial charge in [0.2, 0.25) is 5.76 Å². The first-order chi connectivity index (χ1) is 14.4. The number of hydrogen-bond acceptors (Lipinski definition) is 4. The highest BCUT2D eigenvalue weighted by molar-refractivity contribution is 5.99. The molecule has 1 saturated heterocycles. The van der Waals surface area contributed by atoms with Gasteiger partial charge in [-0.1, -0.05) is 12.1 Å². The van der Waals surface area contributed by atoms with Crippen LogP contribution in [0.5, 0.6) is 0 Å². The van der Waals surface area contributed by atoms with Crippen LogP contribution in [-0.4, -0.2) is 30.1 Å². The Balaban J connectivity index is 1.72. The maximum absolute atomic E-state index is 13.6. The Labute approximate surface area is 173 Å². The molecule has 2 aliphatic heterocycles. The SMILES string of the molecule is Cc1cc2oc3c(c(=O)c2cc1C)[C@@H](c1ccc(F)cc1)N(C[C@@H]1CCCO1)C3=O. The van der Waals surface area contributed by atoms with Crippen LogP contribution < -0.4 is 5.43 Å². The van der Waals surface area contributed by atoms with Crippen molar-refractivity contribution in [2.24, 2.45) is 0 Å². The lowest BCUT2D eigenvalue weighted by Crippen LogP contribution is -2.36. The number of nitrogens with zero attached hydrogens (tertiary/aromatic N) is 1. The third-order valence-corrected chi connectivity index (χ3v) is 6.19. The molecule has 1 aromatic heterocycles. The number of carbonyl (C=O) groups excluding carboxylic acids is 1. The van der Waals surface area contributed by atoms with Crippen molar-refractivity contribution in [3.63, 3.8) is 0 Å². The molecule has 0 N–H and O–H groups in total. The summed E-state index contributed by atoms with van der Waals surface area (Å²) in [7, 11) is 0. The first-order valence-corrected chi connectivity index (χ1v) is 10.2. The molecule has 1 amide bonds. The maximum Gasteiger partial charge on any atom is 0.291 e. The molecule has 154 valence electrons. The van der Waals surface area contributed by atoms with Crippen molar-refractivity contribution in [2.45, 2.75) is 38.8 Å². The molecule has 0 spiro atoms.